The average Bonchev–Trinajstić information content (AvgIpc) is 2.32. The van der Waals surface area contributed by atoms with Gasteiger partial charge in [-0.1, -0.05) is 29.8 Å². The van der Waals surface area contributed by atoms with E-state index in [1.165, 1.54) is 0 Å². The zero-order valence-electron chi connectivity index (χ0n) is 10.9. The van der Waals surface area contributed by atoms with Gasteiger partial charge in [0.15, 0.2) is 0 Å². The molecule has 5 heteroatoms. The summed E-state index contributed by atoms with van der Waals surface area (Å²) in [7, 11) is 0. The van der Waals surface area contributed by atoms with Crippen molar-refractivity contribution in [3.8, 4) is 11.6 Å². The number of nitrogens with zero attached hydrogens (tertiary/aromatic N) is 2. The molecular formula is C14H14Br2N2O. The molecule has 0 saturated heterocycles. The van der Waals surface area contributed by atoms with Crippen LogP contribution < -0.4 is 4.74 Å². The Labute approximate surface area is 129 Å². The molecule has 0 N–H and O–H groups in total. The van der Waals surface area contributed by atoms with Crippen molar-refractivity contribution in [2.45, 2.75) is 26.7 Å². The summed E-state index contributed by atoms with van der Waals surface area (Å²) in [6.45, 7) is 6.10. The van der Waals surface area contributed by atoms with Crippen LogP contribution in [0.2, 0.25) is 0 Å². The molecule has 1 heterocycles. The van der Waals surface area contributed by atoms with E-state index in [9.17, 15) is 0 Å². The first-order chi connectivity index (χ1) is 8.95. The molecule has 19 heavy (non-hydrogen) atoms. The average molecular weight is 386 g/mol. The van der Waals surface area contributed by atoms with E-state index in [1.54, 1.807) is 6.07 Å². The second kappa shape index (κ2) is 6.01. The van der Waals surface area contributed by atoms with E-state index in [1.807, 2.05) is 25.1 Å². The molecule has 1 aromatic carbocycles. The fraction of sp³-hybridized carbons (Fsp3) is 0.286. The zero-order valence-corrected chi connectivity index (χ0v) is 14.1. The van der Waals surface area contributed by atoms with Gasteiger partial charge in [0, 0.05) is 16.5 Å². The number of aryl methyl sites for hydroxylation is 1. The van der Waals surface area contributed by atoms with Crippen LogP contribution in [0.15, 0.2) is 33.3 Å². The third-order valence-electron chi connectivity index (χ3n) is 2.56. The molecule has 0 amide bonds. The van der Waals surface area contributed by atoms with E-state index in [2.05, 4.69) is 55.7 Å². The molecule has 1 aromatic heterocycles. The van der Waals surface area contributed by atoms with Crippen LogP contribution in [0.3, 0.4) is 0 Å². The maximum atomic E-state index is 5.83. The Kier molecular flexibility index (Phi) is 4.58. The van der Waals surface area contributed by atoms with Crippen molar-refractivity contribution in [3.05, 3.63) is 44.7 Å². The number of ether oxygens (including phenoxy) is 1. The highest BCUT2D eigenvalue weighted by Crippen LogP contribution is 2.28. The molecule has 100 valence electrons. The maximum absolute atomic E-state index is 5.83. The fourth-order valence-corrected chi connectivity index (χ4v) is 2.42. The van der Waals surface area contributed by atoms with Gasteiger partial charge in [-0.15, -0.1) is 0 Å². The summed E-state index contributed by atoms with van der Waals surface area (Å²) in [5.74, 6) is 2.37. The third kappa shape index (κ3) is 3.76. The smallest absolute Gasteiger partial charge is 0.223 e. The third-order valence-corrected chi connectivity index (χ3v) is 3.46. The van der Waals surface area contributed by atoms with Crippen LogP contribution in [0.5, 0.6) is 11.6 Å². The van der Waals surface area contributed by atoms with Gasteiger partial charge in [0.2, 0.25) is 5.88 Å². The quantitative estimate of drug-likeness (QED) is 0.679. The largest absolute Gasteiger partial charge is 0.439 e. The van der Waals surface area contributed by atoms with Crippen LogP contribution in [0, 0.1) is 6.92 Å². The Morgan fingerprint density at radius 3 is 2.47 bits per heavy atom. The van der Waals surface area contributed by atoms with Crippen molar-refractivity contribution < 1.29 is 4.74 Å². The van der Waals surface area contributed by atoms with E-state index >= 15 is 0 Å². The predicted molar refractivity (Wildman–Crippen MR) is 82.8 cm³/mol. The van der Waals surface area contributed by atoms with Crippen molar-refractivity contribution in [1.29, 1.82) is 0 Å². The van der Waals surface area contributed by atoms with E-state index < -0.39 is 0 Å². The zero-order chi connectivity index (χ0) is 14.0. The molecule has 0 unspecified atom stereocenters. The molecule has 0 saturated carbocycles. The molecular weight excluding hydrogens is 372 g/mol. The second-order valence-corrected chi connectivity index (χ2v) is 6.28. The standard InChI is InChI=1S/C14H14Br2N2O/c1-8(2)14-17-12(16)7-13(18-14)19-11-5-4-10(15)6-9(11)3/h4-8H,1-3H3. The first-order valence-corrected chi connectivity index (χ1v) is 7.53. The lowest BCUT2D eigenvalue weighted by molar-refractivity contribution is 0.452. The van der Waals surface area contributed by atoms with E-state index in [4.69, 9.17) is 4.74 Å². The van der Waals surface area contributed by atoms with E-state index in [-0.39, 0.29) is 5.92 Å². The second-order valence-electron chi connectivity index (χ2n) is 4.55. The first kappa shape index (κ1) is 14.5. The molecule has 0 spiro atoms. The number of hydrogen-bond donors (Lipinski definition) is 0. The highest BCUT2D eigenvalue weighted by Gasteiger charge is 2.09. The molecule has 0 aliphatic carbocycles. The normalized spacial score (nSPS) is 10.8. The summed E-state index contributed by atoms with van der Waals surface area (Å²) in [6, 6.07) is 7.65. The summed E-state index contributed by atoms with van der Waals surface area (Å²) < 4.78 is 7.60. The molecule has 0 bridgehead atoms. The van der Waals surface area contributed by atoms with Gasteiger partial charge >= 0.3 is 0 Å². The number of benzene rings is 1. The molecule has 2 rings (SSSR count). The summed E-state index contributed by atoms with van der Waals surface area (Å²) in [5.41, 5.74) is 1.05. The lowest BCUT2D eigenvalue weighted by Gasteiger charge is -2.10. The van der Waals surface area contributed by atoms with Crippen molar-refractivity contribution in [1.82, 2.24) is 9.97 Å². The van der Waals surface area contributed by atoms with Crippen molar-refractivity contribution in [2.24, 2.45) is 0 Å². The van der Waals surface area contributed by atoms with Crippen molar-refractivity contribution in [3.63, 3.8) is 0 Å². The first-order valence-electron chi connectivity index (χ1n) is 5.94. The van der Waals surface area contributed by atoms with Gasteiger partial charge in [-0.25, -0.2) is 4.98 Å². The summed E-state index contributed by atoms with van der Waals surface area (Å²) >= 11 is 6.82. The number of hydrogen-bond acceptors (Lipinski definition) is 3. The highest BCUT2D eigenvalue weighted by molar-refractivity contribution is 9.10. The fourth-order valence-electron chi connectivity index (χ4n) is 1.56. The van der Waals surface area contributed by atoms with Crippen molar-refractivity contribution in [2.75, 3.05) is 0 Å². The number of aromatic nitrogens is 2. The van der Waals surface area contributed by atoms with Crippen LogP contribution in [0.25, 0.3) is 0 Å². The number of rotatable bonds is 3. The van der Waals surface area contributed by atoms with Crippen LogP contribution in [-0.2, 0) is 0 Å². The van der Waals surface area contributed by atoms with Gasteiger partial charge in [-0.3, -0.25) is 0 Å². The number of halogens is 2. The molecule has 0 aliphatic heterocycles. The minimum atomic E-state index is 0.255. The predicted octanol–water partition coefficient (Wildman–Crippen LogP) is 5.23. The van der Waals surface area contributed by atoms with Crippen molar-refractivity contribution >= 4 is 31.9 Å². The molecule has 0 aliphatic rings. The van der Waals surface area contributed by atoms with Crippen LogP contribution >= 0.6 is 31.9 Å². The van der Waals surface area contributed by atoms with Crippen LogP contribution in [0.1, 0.15) is 31.2 Å². The Bertz CT molecular complexity index is 600. The van der Waals surface area contributed by atoms with Gasteiger partial charge < -0.3 is 4.74 Å². The van der Waals surface area contributed by atoms with Gasteiger partial charge in [0.1, 0.15) is 16.2 Å². The Morgan fingerprint density at radius 1 is 1.11 bits per heavy atom. The molecule has 0 atom stereocenters. The van der Waals surface area contributed by atoms with Crippen LogP contribution in [0.4, 0.5) is 0 Å². The molecule has 0 radical (unpaired) electrons. The lowest BCUT2D eigenvalue weighted by Crippen LogP contribution is -2.00. The minimum absolute atomic E-state index is 0.255. The minimum Gasteiger partial charge on any atom is -0.439 e. The van der Waals surface area contributed by atoms with E-state index in [0.29, 0.717) is 5.88 Å². The van der Waals surface area contributed by atoms with Gasteiger partial charge in [-0.05, 0) is 46.6 Å². The molecule has 0 fully saturated rings. The van der Waals surface area contributed by atoms with Gasteiger partial charge in [0.05, 0.1) is 0 Å². The Hall–Kier alpha value is -0.940. The van der Waals surface area contributed by atoms with E-state index in [0.717, 1.165) is 26.2 Å². The summed E-state index contributed by atoms with van der Waals surface area (Å²) in [4.78, 5) is 8.75. The van der Waals surface area contributed by atoms with Gasteiger partial charge in [-0.2, -0.15) is 4.98 Å². The molecule has 2 aromatic rings. The monoisotopic (exact) mass is 384 g/mol. The van der Waals surface area contributed by atoms with Gasteiger partial charge in [0.25, 0.3) is 0 Å². The topological polar surface area (TPSA) is 35.0 Å². The highest BCUT2D eigenvalue weighted by atomic mass is 79.9. The molecule has 3 nitrogen and oxygen atoms in total. The Balaban J connectivity index is 2.32. The lowest BCUT2D eigenvalue weighted by atomic mass is 10.2. The summed E-state index contributed by atoms with van der Waals surface area (Å²) in [5, 5.41) is 0. The summed E-state index contributed by atoms with van der Waals surface area (Å²) in [6.07, 6.45) is 0. The maximum Gasteiger partial charge on any atom is 0.223 e. The van der Waals surface area contributed by atoms with Crippen LogP contribution in [-0.4, -0.2) is 9.97 Å². The SMILES string of the molecule is Cc1cc(Br)ccc1Oc1cc(Br)nc(C(C)C)n1. The Morgan fingerprint density at radius 2 is 1.84 bits per heavy atom.